The number of rotatable bonds is 6. The molecule has 0 heterocycles. The molecule has 0 radical (unpaired) electrons. The third-order valence-corrected chi connectivity index (χ3v) is 4.65. The SMILES string of the molecule is Cc1ccccc1NC(=O)COc1ccc(C(=O)Nc2cc(Cl)ccc2Cl)cc1. The molecule has 3 aromatic rings. The van der Waals surface area contributed by atoms with Crippen molar-refractivity contribution >= 4 is 46.4 Å². The lowest BCUT2D eigenvalue weighted by molar-refractivity contribution is -0.118. The Morgan fingerprint density at radius 3 is 2.34 bits per heavy atom. The van der Waals surface area contributed by atoms with Crippen LogP contribution in [0.3, 0.4) is 0 Å². The number of nitrogens with one attached hydrogen (secondary N) is 2. The maximum Gasteiger partial charge on any atom is 0.262 e. The van der Waals surface area contributed by atoms with E-state index in [4.69, 9.17) is 27.9 Å². The summed E-state index contributed by atoms with van der Waals surface area (Å²) in [6, 6.07) is 18.8. The van der Waals surface area contributed by atoms with Crippen LogP contribution in [0.2, 0.25) is 10.0 Å². The fraction of sp³-hybridized carbons (Fsp3) is 0.0909. The number of hydrogen-bond donors (Lipinski definition) is 2. The number of anilines is 2. The number of ether oxygens (including phenoxy) is 1. The van der Waals surface area contributed by atoms with Crippen molar-refractivity contribution in [2.24, 2.45) is 0 Å². The highest BCUT2D eigenvalue weighted by molar-refractivity contribution is 6.35. The first kappa shape index (κ1) is 20.7. The summed E-state index contributed by atoms with van der Waals surface area (Å²) in [7, 11) is 0. The van der Waals surface area contributed by atoms with Crippen LogP contribution in [-0.2, 0) is 4.79 Å². The maximum atomic E-state index is 12.4. The Balaban J connectivity index is 1.55. The lowest BCUT2D eigenvalue weighted by Crippen LogP contribution is -2.20. The zero-order valence-electron chi connectivity index (χ0n) is 15.5. The summed E-state index contributed by atoms with van der Waals surface area (Å²) in [5.41, 5.74) is 2.55. The average molecular weight is 429 g/mol. The van der Waals surface area contributed by atoms with Crippen LogP contribution in [0.5, 0.6) is 5.75 Å². The van der Waals surface area contributed by atoms with Gasteiger partial charge in [0.1, 0.15) is 5.75 Å². The van der Waals surface area contributed by atoms with Gasteiger partial charge in [-0.1, -0.05) is 41.4 Å². The summed E-state index contributed by atoms with van der Waals surface area (Å²) < 4.78 is 5.49. The van der Waals surface area contributed by atoms with Gasteiger partial charge < -0.3 is 15.4 Å². The quantitative estimate of drug-likeness (QED) is 0.538. The van der Waals surface area contributed by atoms with Crippen molar-refractivity contribution in [1.29, 1.82) is 0 Å². The molecular weight excluding hydrogens is 411 g/mol. The molecule has 0 atom stereocenters. The maximum absolute atomic E-state index is 12.4. The summed E-state index contributed by atoms with van der Waals surface area (Å²) in [6.45, 7) is 1.77. The smallest absolute Gasteiger partial charge is 0.262 e. The van der Waals surface area contributed by atoms with E-state index >= 15 is 0 Å². The van der Waals surface area contributed by atoms with Crippen molar-refractivity contribution in [3.8, 4) is 5.75 Å². The second-order valence-corrected chi connectivity index (χ2v) is 7.10. The molecular formula is C22H18Cl2N2O3. The Bertz CT molecular complexity index is 1040. The Hall–Kier alpha value is -3.02. The summed E-state index contributed by atoms with van der Waals surface area (Å²) >= 11 is 12.0. The first-order valence-corrected chi connectivity index (χ1v) is 9.53. The standard InChI is InChI=1S/C22H18Cl2N2O3/c1-14-4-2-3-5-19(14)25-21(27)13-29-17-9-6-15(7-10-17)22(28)26-20-12-16(23)8-11-18(20)24/h2-12H,13H2,1H3,(H,25,27)(H,26,28). The Kier molecular flexibility index (Phi) is 6.75. The molecule has 0 bridgehead atoms. The minimum atomic E-state index is -0.335. The molecule has 0 spiro atoms. The zero-order valence-corrected chi connectivity index (χ0v) is 17.1. The van der Waals surface area contributed by atoms with Crippen molar-refractivity contribution in [3.05, 3.63) is 87.9 Å². The second kappa shape index (κ2) is 9.45. The molecule has 0 aliphatic heterocycles. The molecule has 3 aromatic carbocycles. The summed E-state index contributed by atoms with van der Waals surface area (Å²) in [6.07, 6.45) is 0. The van der Waals surface area contributed by atoms with Gasteiger partial charge in [-0.15, -0.1) is 0 Å². The van der Waals surface area contributed by atoms with Crippen LogP contribution in [0.4, 0.5) is 11.4 Å². The van der Waals surface area contributed by atoms with Gasteiger partial charge in [-0.2, -0.15) is 0 Å². The Labute approximate surface area is 178 Å². The van der Waals surface area contributed by atoms with Crippen LogP contribution in [0.25, 0.3) is 0 Å². The van der Waals surface area contributed by atoms with E-state index in [0.717, 1.165) is 11.3 Å². The van der Waals surface area contributed by atoms with Crippen molar-refractivity contribution in [2.45, 2.75) is 6.92 Å². The highest BCUT2D eigenvalue weighted by Gasteiger charge is 2.10. The van der Waals surface area contributed by atoms with Gasteiger partial charge in [0, 0.05) is 16.3 Å². The number of carbonyl (C=O) groups excluding carboxylic acids is 2. The lowest BCUT2D eigenvalue weighted by Gasteiger charge is -2.10. The van der Waals surface area contributed by atoms with Crippen LogP contribution in [0.15, 0.2) is 66.7 Å². The number of amides is 2. The highest BCUT2D eigenvalue weighted by atomic mass is 35.5. The summed E-state index contributed by atoms with van der Waals surface area (Å²) in [5.74, 6) is -0.128. The minimum Gasteiger partial charge on any atom is -0.484 e. The molecule has 29 heavy (non-hydrogen) atoms. The van der Waals surface area contributed by atoms with E-state index in [-0.39, 0.29) is 18.4 Å². The largest absolute Gasteiger partial charge is 0.484 e. The normalized spacial score (nSPS) is 10.3. The minimum absolute atomic E-state index is 0.141. The van der Waals surface area contributed by atoms with Crippen LogP contribution in [-0.4, -0.2) is 18.4 Å². The topological polar surface area (TPSA) is 67.4 Å². The Morgan fingerprint density at radius 1 is 0.897 bits per heavy atom. The third-order valence-electron chi connectivity index (χ3n) is 4.08. The van der Waals surface area contributed by atoms with Gasteiger partial charge in [0.2, 0.25) is 0 Å². The molecule has 7 heteroatoms. The molecule has 2 N–H and O–H groups in total. The van der Waals surface area contributed by atoms with E-state index < -0.39 is 0 Å². The van der Waals surface area contributed by atoms with Gasteiger partial charge in [-0.25, -0.2) is 0 Å². The fourth-order valence-electron chi connectivity index (χ4n) is 2.54. The van der Waals surface area contributed by atoms with Gasteiger partial charge in [0.15, 0.2) is 6.61 Å². The number of aryl methyl sites for hydroxylation is 1. The highest BCUT2D eigenvalue weighted by Crippen LogP contribution is 2.26. The Morgan fingerprint density at radius 2 is 1.62 bits per heavy atom. The van der Waals surface area contributed by atoms with E-state index in [1.54, 1.807) is 42.5 Å². The monoisotopic (exact) mass is 428 g/mol. The molecule has 0 aromatic heterocycles. The van der Waals surface area contributed by atoms with Gasteiger partial charge in [-0.05, 0) is 61.0 Å². The van der Waals surface area contributed by atoms with E-state index in [1.807, 2.05) is 31.2 Å². The molecule has 0 unspecified atom stereocenters. The summed E-state index contributed by atoms with van der Waals surface area (Å²) in [4.78, 5) is 24.4. The molecule has 2 amide bonds. The predicted octanol–water partition coefficient (Wildman–Crippen LogP) is 5.57. The third kappa shape index (κ3) is 5.73. The lowest BCUT2D eigenvalue weighted by atomic mass is 10.2. The van der Waals surface area contributed by atoms with E-state index in [2.05, 4.69) is 10.6 Å². The molecule has 148 valence electrons. The van der Waals surface area contributed by atoms with Crippen LogP contribution < -0.4 is 15.4 Å². The predicted molar refractivity (Wildman–Crippen MR) is 116 cm³/mol. The van der Waals surface area contributed by atoms with E-state index in [1.165, 1.54) is 0 Å². The molecule has 0 saturated carbocycles. The molecule has 3 rings (SSSR count). The van der Waals surface area contributed by atoms with Crippen molar-refractivity contribution in [3.63, 3.8) is 0 Å². The molecule has 0 aliphatic rings. The molecule has 0 saturated heterocycles. The summed E-state index contributed by atoms with van der Waals surface area (Å²) in [5, 5.41) is 6.37. The van der Waals surface area contributed by atoms with Crippen molar-refractivity contribution in [1.82, 2.24) is 0 Å². The molecule has 0 aliphatic carbocycles. The van der Waals surface area contributed by atoms with Gasteiger partial charge in [0.05, 0.1) is 10.7 Å². The molecule has 5 nitrogen and oxygen atoms in total. The van der Waals surface area contributed by atoms with Crippen LogP contribution in [0, 0.1) is 6.92 Å². The van der Waals surface area contributed by atoms with Gasteiger partial charge >= 0.3 is 0 Å². The average Bonchev–Trinajstić information content (AvgIpc) is 2.71. The van der Waals surface area contributed by atoms with Crippen LogP contribution in [0.1, 0.15) is 15.9 Å². The molecule has 0 fully saturated rings. The number of hydrogen-bond acceptors (Lipinski definition) is 3. The van der Waals surface area contributed by atoms with E-state index in [0.29, 0.717) is 27.0 Å². The van der Waals surface area contributed by atoms with Crippen LogP contribution >= 0.6 is 23.2 Å². The van der Waals surface area contributed by atoms with Gasteiger partial charge in [0.25, 0.3) is 11.8 Å². The van der Waals surface area contributed by atoms with Crippen molar-refractivity contribution in [2.75, 3.05) is 17.2 Å². The van der Waals surface area contributed by atoms with Crippen molar-refractivity contribution < 1.29 is 14.3 Å². The van der Waals surface area contributed by atoms with Gasteiger partial charge in [-0.3, -0.25) is 9.59 Å². The van der Waals surface area contributed by atoms with E-state index in [9.17, 15) is 9.59 Å². The first-order chi connectivity index (χ1) is 13.9. The first-order valence-electron chi connectivity index (χ1n) is 8.77. The number of benzene rings is 3. The number of halogens is 2. The zero-order chi connectivity index (χ0) is 20.8. The number of carbonyl (C=O) groups is 2. The fourth-order valence-corrected chi connectivity index (χ4v) is 2.88. The number of para-hydroxylation sites is 1. The second-order valence-electron chi connectivity index (χ2n) is 6.25.